The molecule has 32 heavy (non-hydrogen) atoms. The summed E-state index contributed by atoms with van der Waals surface area (Å²) in [5, 5.41) is 0. The van der Waals surface area contributed by atoms with E-state index in [1.54, 1.807) is 7.11 Å². The number of nitrogens with zero attached hydrogens (tertiary/aromatic N) is 2. The highest BCUT2D eigenvalue weighted by Crippen LogP contribution is 2.38. The van der Waals surface area contributed by atoms with E-state index in [0.29, 0.717) is 0 Å². The van der Waals surface area contributed by atoms with Crippen LogP contribution in [0.5, 0.6) is 5.75 Å². The van der Waals surface area contributed by atoms with Gasteiger partial charge in [0, 0.05) is 22.4 Å². The van der Waals surface area contributed by atoms with Crippen molar-refractivity contribution in [2.24, 2.45) is 0 Å². The van der Waals surface area contributed by atoms with Gasteiger partial charge in [-0.3, -0.25) is 4.57 Å². The minimum atomic E-state index is 0.828. The lowest BCUT2D eigenvalue weighted by molar-refractivity contribution is 0.415. The molecular weight excluding hydrogens is 392 g/mol. The molecule has 1 aromatic heterocycles. The minimum Gasteiger partial charge on any atom is -0.497 e. The maximum absolute atomic E-state index is 5.37. The Kier molecular flexibility index (Phi) is 5.30. The molecule has 4 aromatic carbocycles. The number of methoxy groups -OCH3 is 1. The molecule has 0 unspecified atom stereocenters. The van der Waals surface area contributed by atoms with E-state index in [4.69, 9.17) is 9.72 Å². The standard InChI is InChI=1S/C29H24N2O/c1-21-13-17-25(18-14-21)31-28(23-11-7-4-8-12-23)27(22-9-5-3-6-10-22)30-29(31)24-15-19-26(32-2)20-16-24/h3-20H,1-2H3. The van der Waals surface area contributed by atoms with Gasteiger partial charge in [-0.1, -0.05) is 78.4 Å². The van der Waals surface area contributed by atoms with E-state index >= 15 is 0 Å². The molecule has 1 heterocycles. The fourth-order valence-electron chi connectivity index (χ4n) is 3.96. The van der Waals surface area contributed by atoms with Crippen LogP contribution < -0.4 is 4.74 Å². The van der Waals surface area contributed by atoms with Crippen LogP contribution in [0.25, 0.3) is 39.6 Å². The van der Waals surface area contributed by atoms with Crippen molar-refractivity contribution in [3.05, 3.63) is 115 Å². The maximum atomic E-state index is 5.37. The first-order valence-corrected chi connectivity index (χ1v) is 10.7. The summed E-state index contributed by atoms with van der Waals surface area (Å²) in [6.45, 7) is 2.11. The molecule has 0 radical (unpaired) electrons. The van der Waals surface area contributed by atoms with Crippen molar-refractivity contribution in [1.82, 2.24) is 9.55 Å². The van der Waals surface area contributed by atoms with Crippen LogP contribution in [-0.2, 0) is 0 Å². The molecular formula is C29H24N2O. The lowest BCUT2D eigenvalue weighted by Crippen LogP contribution is -2.00. The number of hydrogen-bond acceptors (Lipinski definition) is 2. The molecule has 0 atom stereocenters. The molecule has 0 aliphatic carbocycles. The third kappa shape index (κ3) is 3.69. The second kappa shape index (κ2) is 8.56. The number of hydrogen-bond donors (Lipinski definition) is 0. The van der Waals surface area contributed by atoms with Gasteiger partial charge in [0.25, 0.3) is 0 Å². The van der Waals surface area contributed by atoms with E-state index in [2.05, 4.69) is 96.4 Å². The Morgan fingerprint density at radius 1 is 0.625 bits per heavy atom. The normalized spacial score (nSPS) is 10.8. The first-order chi connectivity index (χ1) is 15.7. The van der Waals surface area contributed by atoms with Crippen LogP contribution in [0.1, 0.15) is 5.56 Å². The molecule has 0 aliphatic rings. The van der Waals surface area contributed by atoms with Gasteiger partial charge in [0.1, 0.15) is 11.6 Å². The summed E-state index contributed by atoms with van der Waals surface area (Å²) < 4.78 is 7.64. The van der Waals surface area contributed by atoms with Crippen LogP contribution in [0.3, 0.4) is 0 Å². The Morgan fingerprint density at radius 3 is 1.81 bits per heavy atom. The van der Waals surface area contributed by atoms with Gasteiger partial charge in [-0.05, 0) is 43.3 Å². The number of rotatable bonds is 5. The Labute approximate surface area is 188 Å². The third-order valence-corrected chi connectivity index (χ3v) is 5.61. The van der Waals surface area contributed by atoms with Crippen molar-refractivity contribution >= 4 is 0 Å². The fraction of sp³-hybridized carbons (Fsp3) is 0.0690. The SMILES string of the molecule is COc1ccc(-c2nc(-c3ccccc3)c(-c3ccccc3)n2-c2ccc(C)cc2)cc1. The molecule has 5 rings (SSSR count). The maximum Gasteiger partial charge on any atom is 0.145 e. The zero-order valence-corrected chi connectivity index (χ0v) is 18.2. The van der Waals surface area contributed by atoms with E-state index in [1.165, 1.54) is 5.56 Å². The van der Waals surface area contributed by atoms with Gasteiger partial charge in [0.05, 0.1) is 18.5 Å². The van der Waals surface area contributed by atoms with E-state index < -0.39 is 0 Å². The molecule has 0 spiro atoms. The number of benzene rings is 4. The molecule has 3 nitrogen and oxygen atoms in total. The predicted molar refractivity (Wildman–Crippen MR) is 131 cm³/mol. The van der Waals surface area contributed by atoms with Gasteiger partial charge in [-0.25, -0.2) is 4.98 Å². The lowest BCUT2D eigenvalue weighted by atomic mass is 10.0. The average Bonchev–Trinajstić information content (AvgIpc) is 3.26. The number of aryl methyl sites for hydroxylation is 1. The second-order valence-electron chi connectivity index (χ2n) is 7.76. The van der Waals surface area contributed by atoms with E-state index in [9.17, 15) is 0 Å². The van der Waals surface area contributed by atoms with E-state index in [-0.39, 0.29) is 0 Å². The highest BCUT2D eigenvalue weighted by atomic mass is 16.5. The summed E-state index contributed by atoms with van der Waals surface area (Å²) in [5.41, 5.74) is 7.59. The number of aromatic nitrogens is 2. The molecule has 5 aromatic rings. The molecule has 0 N–H and O–H groups in total. The van der Waals surface area contributed by atoms with E-state index in [1.807, 2.05) is 24.3 Å². The van der Waals surface area contributed by atoms with E-state index in [0.717, 1.165) is 45.3 Å². The summed E-state index contributed by atoms with van der Waals surface area (Å²) >= 11 is 0. The van der Waals surface area contributed by atoms with Crippen molar-refractivity contribution in [1.29, 1.82) is 0 Å². The Balaban J connectivity index is 1.85. The summed E-state index contributed by atoms with van der Waals surface area (Å²) in [6.07, 6.45) is 0. The van der Waals surface area contributed by atoms with Gasteiger partial charge in [-0.2, -0.15) is 0 Å². The Bertz CT molecular complexity index is 1320. The van der Waals surface area contributed by atoms with Crippen molar-refractivity contribution in [2.75, 3.05) is 7.11 Å². The smallest absolute Gasteiger partial charge is 0.145 e. The zero-order chi connectivity index (χ0) is 21.9. The van der Waals surface area contributed by atoms with Gasteiger partial charge in [0.15, 0.2) is 0 Å². The highest BCUT2D eigenvalue weighted by Gasteiger charge is 2.22. The first-order valence-electron chi connectivity index (χ1n) is 10.7. The Hall–Kier alpha value is -4.11. The highest BCUT2D eigenvalue weighted by molar-refractivity contribution is 5.84. The summed E-state index contributed by atoms with van der Waals surface area (Å²) in [7, 11) is 1.68. The minimum absolute atomic E-state index is 0.828. The van der Waals surface area contributed by atoms with Crippen molar-refractivity contribution in [3.8, 4) is 45.3 Å². The van der Waals surface area contributed by atoms with Gasteiger partial charge in [0.2, 0.25) is 0 Å². The van der Waals surface area contributed by atoms with Crippen LogP contribution in [0.15, 0.2) is 109 Å². The molecule has 0 amide bonds. The molecule has 0 saturated carbocycles. The molecule has 0 saturated heterocycles. The topological polar surface area (TPSA) is 27.1 Å². The van der Waals surface area contributed by atoms with Crippen LogP contribution in [0.2, 0.25) is 0 Å². The van der Waals surface area contributed by atoms with Crippen molar-refractivity contribution < 1.29 is 4.74 Å². The Morgan fingerprint density at radius 2 is 1.22 bits per heavy atom. The van der Waals surface area contributed by atoms with Crippen LogP contribution in [-0.4, -0.2) is 16.7 Å². The number of imidazole rings is 1. The largest absolute Gasteiger partial charge is 0.497 e. The first kappa shape index (κ1) is 19.8. The average molecular weight is 417 g/mol. The third-order valence-electron chi connectivity index (χ3n) is 5.61. The number of ether oxygens (including phenoxy) is 1. The summed E-state index contributed by atoms with van der Waals surface area (Å²) in [6, 6.07) is 37.6. The van der Waals surface area contributed by atoms with Gasteiger partial charge >= 0.3 is 0 Å². The van der Waals surface area contributed by atoms with Gasteiger partial charge in [-0.15, -0.1) is 0 Å². The van der Waals surface area contributed by atoms with Gasteiger partial charge < -0.3 is 4.74 Å². The molecule has 156 valence electrons. The second-order valence-corrected chi connectivity index (χ2v) is 7.76. The predicted octanol–water partition coefficient (Wildman–Crippen LogP) is 7.19. The lowest BCUT2D eigenvalue weighted by Gasteiger charge is -2.14. The molecule has 0 aliphatic heterocycles. The molecule has 0 bridgehead atoms. The molecule has 0 fully saturated rings. The van der Waals surface area contributed by atoms with Crippen LogP contribution in [0.4, 0.5) is 0 Å². The van der Waals surface area contributed by atoms with Crippen molar-refractivity contribution in [2.45, 2.75) is 6.92 Å². The van der Waals surface area contributed by atoms with Crippen LogP contribution >= 0.6 is 0 Å². The zero-order valence-electron chi connectivity index (χ0n) is 18.2. The monoisotopic (exact) mass is 416 g/mol. The summed E-state index contributed by atoms with van der Waals surface area (Å²) in [4.78, 5) is 5.20. The molecule has 3 heteroatoms. The fourth-order valence-corrected chi connectivity index (χ4v) is 3.96. The van der Waals surface area contributed by atoms with Crippen molar-refractivity contribution in [3.63, 3.8) is 0 Å². The van der Waals surface area contributed by atoms with Crippen LogP contribution in [0, 0.1) is 6.92 Å². The summed E-state index contributed by atoms with van der Waals surface area (Å²) in [5.74, 6) is 1.72. The quantitative estimate of drug-likeness (QED) is 0.303.